The molecule has 7 heteroatoms. The van der Waals surface area contributed by atoms with Crippen LogP contribution in [-0.2, 0) is 0 Å². The molecule has 22 heavy (non-hydrogen) atoms. The Morgan fingerprint density at radius 2 is 1.00 bits per heavy atom. The molecule has 1 nitrogen and oxygen atoms in total. The molecule has 0 aromatic heterocycles. The molecule has 2 aromatic rings. The van der Waals surface area contributed by atoms with Gasteiger partial charge in [0.2, 0.25) is 0 Å². The highest BCUT2D eigenvalue weighted by molar-refractivity contribution is 9.13. The zero-order valence-corrected chi connectivity index (χ0v) is 20.8. The molecule has 0 aliphatic heterocycles. The van der Waals surface area contributed by atoms with Gasteiger partial charge in [-0.3, -0.25) is 4.79 Å². The standard InChI is InChI=1S/C15H8Br6O/c1-5-11(18)7(3-9(16)13(5)20)15(22)8-4-10(17)14(21)6(2)12(8)19/h3-4H,1-2H3. The van der Waals surface area contributed by atoms with Crippen molar-refractivity contribution in [3.05, 3.63) is 61.2 Å². The summed E-state index contributed by atoms with van der Waals surface area (Å²) < 4.78 is 5.14. The Morgan fingerprint density at radius 3 is 1.32 bits per heavy atom. The summed E-state index contributed by atoms with van der Waals surface area (Å²) in [6, 6.07) is 3.64. The van der Waals surface area contributed by atoms with Gasteiger partial charge in [-0.05, 0) is 133 Å². The van der Waals surface area contributed by atoms with Crippen LogP contribution < -0.4 is 0 Å². The molecule has 0 fully saturated rings. The second-order valence-corrected chi connectivity index (χ2v) is 9.53. The minimum Gasteiger partial charge on any atom is -0.289 e. The van der Waals surface area contributed by atoms with Crippen LogP contribution in [-0.4, -0.2) is 5.78 Å². The van der Waals surface area contributed by atoms with Gasteiger partial charge in [0.05, 0.1) is 0 Å². The maximum absolute atomic E-state index is 13.0. The lowest BCUT2D eigenvalue weighted by Crippen LogP contribution is -2.06. The second-order valence-electron chi connectivity index (χ2n) is 4.65. The smallest absolute Gasteiger partial charge is 0.195 e. The molecule has 0 radical (unpaired) electrons. The van der Waals surface area contributed by atoms with E-state index in [1.165, 1.54) is 0 Å². The van der Waals surface area contributed by atoms with Gasteiger partial charge in [0.15, 0.2) is 5.78 Å². The number of halogens is 6. The lowest BCUT2D eigenvalue weighted by molar-refractivity contribution is 0.103. The van der Waals surface area contributed by atoms with Gasteiger partial charge in [0.1, 0.15) is 0 Å². The third-order valence-electron chi connectivity index (χ3n) is 3.24. The van der Waals surface area contributed by atoms with E-state index in [-0.39, 0.29) is 5.78 Å². The second kappa shape index (κ2) is 7.48. The molecular weight excluding hydrogens is 676 g/mol. The van der Waals surface area contributed by atoms with E-state index < -0.39 is 0 Å². The van der Waals surface area contributed by atoms with E-state index in [0.29, 0.717) is 11.1 Å². The SMILES string of the molecule is Cc1c(Br)c(Br)cc(C(=O)c2cc(Br)c(Br)c(C)c2Br)c1Br. The molecule has 0 N–H and O–H groups in total. The van der Waals surface area contributed by atoms with E-state index in [0.717, 1.165) is 38.0 Å². The summed E-state index contributed by atoms with van der Waals surface area (Å²) in [5, 5.41) is 0. The number of rotatable bonds is 2. The van der Waals surface area contributed by atoms with Crippen molar-refractivity contribution in [1.82, 2.24) is 0 Å². The molecule has 0 saturated carbocycles. The summed E-state index contributed by atoms with van der Waals surface area (Å²) in [7, 11) is 0. The molecule has 0 spiro atoms. The molecule has 0 amide bonds. The minimum absolute atomic E-state index is 0.0497. The van der Waals surface area contributed by atoms with Crippen molar-refractivity contribution in [3.8, 4) is 0 Å². The van der Waals surface area contributed by atoms with Crippen molar-refractivity contribution in [3.63, 3.8) is 0 Å². The van der Waals surface area contributed by atoms with Crippen molar-refractivity contribution >= 4 is 101 Å². The van der Waals surface area contributed by atoms with E-state index in [1.807, 2.05) is 26.0 Å². The summed E-state index contributed by atoms with van der Waals surface area (Å²) in [6.07, 6.45) is 0. The summed E-state index contributed by atoms with van der Waals surface area (Å²) in [5.74, 6) is -0.0497. The Bertz CT molecular complexity index is 732. The normalized spacial score (nSPS) is 10.9. The van der Waals surface area contributed by atoms with Crippen LogP contribution in [0.4, 0.5) is 0 Å². The molecule has 0 aliphatic rings. The number of carbonyl (C=O) groups excluding carboxylic acids is 1. The number of hydrogen-bond acceptors (Lipinski definition) is 1. The molecule has 0 unspecified atom stereocenters. The van der Waals surface area contributed by atoms with Crippen LogP contribution in [0, 0.1) is 13.8 Å². The first-order valence-corrected chi connectivity index (χ1v) is 10.8. The highest BCUT2D eigenvalue weighted by Gasteiger charge is 2.22. The van der Waals surface area contributed by atoms with Gasteiger partial charge >= 0.3 is 0 Å². The van der Waals surface area contributed by atoms with Gasteiger partial charge < -0.3 is 0 Å². The summed E-state index contributed by atoms with van der Waals surface area (Å²) in [4.78, 5) is 13.0. The third kappa shape index (κ3) is 3.49. The molecule has 0 atom stereocenters. The van der Waals surface area contributed by atoms with E-state index in [9.17, 15) is 4.79 Å². The van der Waals surface area contributed by atoms with Gasteiger partial charge in [-0.25, -0.2) is 0 Å². The lowest BCUT2D eigenvalue weighted by atomic mass is 10.0. The van der Waals surface area contributed by atoms with Crippen molar-refractivity contribution in [1.29, 1.82) is 0 Å². The van der Waals surface area contributed by atoms with Crippen molar-refractivity contribution in [2.75, 3.05) is 0 Å². The Kier molecular flexibility index (Phi) is 6.57. The Hall–Kier alpha value is 0.990. The Balaban J connectivity index is 2.69. The van der Waals surface area contributed by atoms with Gasteiger partial charge in [0, 0.05) is 38.0 Å². The van der Waals surface area contributed by atoms with Crippen LogP contribution in [0.2, 0.25) is 0 Å². The molecule has 2 rings (SSSR count). The van der Waals surface area contributed by atoms with Crippen LogP contribution in [0.15, 0.2) is 39.0 Å². The first-order chi connectivity index (χ1) is 10.2. The monoisotopic (exact) mass is 678 g/mol. The summed E-state index contributed by atoms with van der Waals surface area (Å²) >= 11 is 21.0. The van der Waals surface area contributed by atoms with Gasteiger partial charge in [-0.15, -0.1) is 0 Å². The van der Waals surface area contributed by atoms with Crippen molar-refractivity contribution < 1.29 is 4.79 Å². The predicted octanol–water partition coefficient (Wildman–Crippen LogP) is 8.11. The summed E-state index contributed by atoms with van der Waals surface area (Å²) in [5.41, 5.74) is 3.17. The zero-order chi connectivity index (χ0) is 16.8. The number of ketones is 1. The maximum Gasteiger partial charge on any atom is 0.195 e. The number of carbonyl (C=O) groups is 1. The van der Waals surface area contributed by atoms with Crippen LogP contribution in [0.1, 0.15) is 27.0 Å². The first-order valence-electron chi connectivity index (χ1n) is 5.99. The topological polar surface area (TPSA) is 17.1 Å². The van der Waals surface area contributed by atoms with Crippen LogP contribution in [0.5, 0.6) is 0 Å². The van der Waals surface area contributed by atoms with Crippen molar-refractivity contribution in [2.45, 2.75) is 13.8 Å². The first kappa shape index (κ1) is 19.3. The van der Waals surface area contributed by atoms with E-state index >= 15 is 0 Å². The van der Waals surface area contributed by atoms with Gasteiger partial charge in [-0.2, -0.15) is 0 Å². The Labute approximate surface area is 179 Å². The van der Waals surface area contributed by atoms with E-state index in [2.05, 4.69) is 95.6 Å². The van der Waals surface area contributed by atoms with E-state index in [1.54, 1.807) is 0 Å². The van der Waals surface area contributed by atoms with E-state index in [4.69, 9.17) is 0 Å². The fourth-order valence-electron chi connectivity index (χ4n) is 1.94. The molecule has 0 saturated heterocycles. The maximum atomic E-state index is 13.0. The third-order valence-corrected chi connectivity index (χ3v) is 9.64. The van der Waals surface area contributed by atoms with Gasteiger partial charge in [-0.1, -0.05) is 0 Å². The highest BCUT2D eigenvalue weighted by atomic mass is 79.9. The largest absolute Gasteiger partial charge is 0.289 e. The zero-order valence-electron chi connectivity index (χ0n) is 11.3. The molecular formula is C15H8Br6O. The quantitative estimate of drug-likeness (QED) is 0.231. The van der Waals surface area contributed by atoms with Crippen LogP contribution >= 0.6 is 95.6 Å². The Morgan fingerprint density at radius 1 is 0.682 bits per heavy atom. The average Bonchev–Trinajstić information content (AvgIpc) is 2.49. The average molecular weight is 684 g/mol. The molecule has 0 aliphatic carbocycles. The number of hydrogen-bond donors (Lipinski definition) is 0. The lowest BCUT2D eigenvalue weighted by Gasteiger charge is -2.14. The number of benzene rings is 2. The molecule has 116 valence electrons. The highest BCUT2D eigenvalue weighted by Crippen LogP contribution is 2.39. The van der Waals surface area contributed by atoms with Crippen molar-refractivity contribution in [2.24, 2.45) is 0 Å². The molecule has 0 bridgehead atoms. The van der Waals surface area contributed by atoms with Gasteiger partial charge in [0.25, 0.3) is 0 Å². The predicted molar refractivity (Wildman–Crippen MR) is 112 cm³/mol. The summed E-state index contributed by atoms with van der Waals surface area (Å²) in [6.45, 7) is 3.90. The molecule has 0 heterocycles. The van der Waals surface area contributed by atoms with Crippen LogP contribution in [0.25, 0.3) is 0 Å². The van der Waals surface area contributed by atoms with Crippen LogP contribution in [0.3, 0.4) is 0 Å². The fourth-order valence-corrected chi connectivity index (χ4v) is 5.13. The molecule has 2 aromatic carbocycles. The fraction of sp³-hybridized carbons (Fsp3) is 0.133. The minimum atomic E-state index is -0.0497.